The van der Waals surface area contributed by atoms with Crippen LogP contribution in [0.25, 0.3) is 0 Å². The number of esters is 1. The molecule has 12 nitrogen and oxygen atoms in total. The highest BCUT2D eigenvalue weighted by atomic mass is 16.7. The van der Waals surface area contributed by atoms with Gasteiger partial charge in [-0.05, 0) is 68.4 Å². The normalized spacial score (nSPS) is 23.8. The molecule has 3 aliphatic heterocycles. The first kappa shape index (κ1) is 30.0. The molecule has 0 bridgehead atoms. The van der Waals surface area contributed by atoms with Crippen LogP contribution in [-0.2, 0) is 35.1 Å². The second-order valence-corrected chi connectivity index (χ2v) is 11.2. The zero-order chi connectivity index (χ0) is 30.7. The van der Waals surface area contributed by atoms with Crippen molar-refractivity contribution in [2.45, 2.75) is 76.8 Å². The Bertz CT molecular complexity index is 1390. The summed E-state index contributed by atoms with van der Waals surface area (Å²) in [6.45, 7) is 3.88. The number of nitrogens with zero attached hydrogens (tertiary/aromatic N) is 2. The number of carbonyl (C=O) groups excluding carboxylic acids is 5. The Morgan fingerprint density at radius 2 is 1.77 bits per heavy atom. The number of nitrogens with one attached hydrogen (secondary N) is 2. The third kappa shape index (κ3) is 6.64. The number of cyclic esters (lactones) is 1. The Hall–Kier alpha value is -4.45. The average Bonchev–Trinajstić information content (AvgIpc) is 3.29. The van der Waals surface area contributed by atoms with Gasteiger partial charge in [-0.1, -0.05) is 30.3 Å². The van der Waals surface area contributed by atoms with E-state index in [1.807, 2.05) is 30.3 Å². The molecule has 3 heterocycles. The van der Waals surface area contributed by atoms with E-state index in [1.165, 1.54) is 17.1 Å². The molecule has 43 heavy (non-hydrogen) atoms. The number of rotatable bonds is 8. The molecule has 3 N–H and O–H groups in total. The van der Waals surface area contributed by atoms with Crippen molar-refractivity contribution in [3.63, 3.8) is 0 Å². The van der Waals surface area contributed by atoms with Crippen LogP contribution in [-0.4, -0.2) is 82.3 Å². The van der Waals surface area contributed by atoms with Crippen molar-refractivity contribution in [3.8, 4) is 5.75 Å². The molecule has 5 rings (SSSR count). The van der Waals surface area contributed by atoms with E-state index in [1.54, 1.807) is 13.8 Å². The lowest BCUT2D eigenvalue weighted by Crippen LogP contribution is -2.64. The zero-order valence-electron chi connectivity index (χ0n) is 24.2. The molecule has 4 unspecified atom stereocenters. The SMILES string of the molecule is Cc1cc(C(=O)NC2CCC(=O)N3CCCC(C(=O)NC4CC(=O)OC4OCCc4ccccc4)N3C2=O)cc(C)c1O. The molecule has 4 amide bonds. The van der Waals surface area contributed by atoms with Crippen LogP contribution in [0.15, 0.2) is 42.5 Å². The minimum absolute atomic E-state index is 0.0114. The molecule has 0 saturated carbocycles. The molecular weight excluding hydrogens is 556 g/mol. The standard InChI is InChI=1S/C31H36N4O8/c1-18-15-21(16-19(2)27(18)38)28(39)32-22-10-11-25(36)34-13-6-9-24(35(34)30(22)41)29(40)33-23-17-26(37)43-31(23)42-14-12-20-7-4-3-5-8-20/h3-5,7-8,15-16,22-24,31,38H,6,9-14,17H2,1-2H3,(H,32,39)(H,33,40). The molecular formula is C31H36N4O8. The fraction of sp³-hybridized carbons (Fsp3) is 0.452. The Balaban J connectivity index is 1.27. The molecule has 3 fully saturated rings. The monoisotopic (exact) mass is 592 g/mol. The van der Waals surface area contributed by atoms with Crippen LogP contribution in [0.1, 0.15) is 59.2 Å². The van der Waals surface area contributed by atoms with Gasteiger partial charge in [0.1, 0.15) is 23.9 Å². The number of benzene rings is 2. The largest absolute Gasteiger partial charge is 0.507 e. The van der Waals surface area contributed by atoms with Gasteiger partial charge in [-0.15, -0.1) is 0 Å². The Labute approximate surface area is 249 Å². The molecule has 228 valence electrons. The number of phenolic OH excluding ortho intramolecular Hbond substituents is 1. The number of aromatic hydroxyl groups is 1. The average molecular weight is 593 g/mol. The molecule has 2 aromatic carbocycles. The summed E-state index contributed by atoms with van der Waals surface area (Å²) in [6, 6.07) is 9.88. The van der Waals surface area contributed by atoms with Gasteiger partial charge in [0.15, 0.2) is 0 Å². The second kappa shape index (κ2) is 12.8. The molecule has 0 aliphatic carbocycles. The van der Waals surface area contributed by atoms with Crippen molar-refractivity contribution in [1.29, 1.82) is 0 Å². The van der Waals surface area contributed by atoms with Crippen molar-refractivity contribution >= 4 is 29.6 Å². The van der Waals surface area contributed by atoms with Crippen molar-refractivity contribution in [2.24, 2.45) is 0 Å². The number of hydrogen-bond acceptors (Lipinski definition) is 8. The maximum atomic E-state index is 13.8. The lowest BCUT2D eigenvalue weighted by atomic mass is 10.0. The number of carbonyl (C=O) groups is 5. The summed E-state index contributed by atoms with van der Waals surface area (Å²) in [5.74, 6) is -2.38. The predicted octanol–water partition coefficient (Wildman–Crippen LogP) is 1.65. The molecule has 0 radical (unpaired) electrons. The Morgan fingerprint density at radius 3 is 2.49 bits per heavy atom. The fourth-order valence-corrected chi connectivity index (χ4v) is 5.76. The Kier molecular flexibility index (Phi) is 8.95. The van der Waals surface area contributed by atoms with Gasteiger partial charge in [-0.25, -0.2) is 5.01 Å². The van der Waals surface area contributed by atoms with E-state index in [2.05, 4.69) is 10.6 Å². The smallest absolute Gasteiger partial charge is 0.310 e. The van der Waals surface area contributed by atoms with Crippen molar-refractivity contribution in [1.82, 2.24) is 20.7 Å². The summed E-state index contributed by atoms with van der Waals surface area (Å²) in [5.41, 5.74) is 2.35. The van der Waals surface area contributed by atoms with E-state index in [0.29, 0.717) is 30.4 Å². The van der Waals surface area contributed by atoms with E-state index in [-0.39, 0.29) is 49.6 Å². The number of hydrazine groups is 1. The lowest BCUT2D eigenvalue weighted by molar-refractivity contribution is -0.177. The van der Waals surface area contributed by atoms with Crippen LogP contribution in [0.3, 0.4) is 0 Å². The first-order chi connectivity index (χ1) is 20.6. The topological polar surface area (TPSA) is 155 Å². The first-order valence-corrected chi connectivity index (χ1v) is 14.5. The highest BCUT2D eigenvalue weighted by Crippen LogP contribution is 2.27. The third-order valence-corrected chi connectivity index (χ3v) is 8.03. The van der Waals surface area contributed by atoms with E-state index in [9.17, 15) is 29.1 Å². The number of fused-ring (bicyclic) bond motifs is 1. The van der Waals surface area contributed by atoms with Gasteiger partial charge in [0.25, 0.3) is 11.8 Å². The van der Waals surface area contributed by atoms with Crippen molar-refractivity contribution in [3.05, 3.63) is 64.7 Å². The molecule has 4 atom stereocenters. The maximum absolute atomic E-state index is 13.8. The number of amides is 4. The number of aryl methyl sites for hydroxylation is 2. The van der Waals surface area contributed by atoms with Gasteiger partial charge < -0.3 is 25.2 Å². The summed E-state index contributed by atoms with van der Waals surface area (Å²) in [4.78, 5) is 65.7. The van der Waals surface area contributed by atoms with Gasteiger partial charge in [0, 0.05) is 18.5 Å². The zero-order valence-corrected chi connectivity index (χ0v) is 24.2. The van der Waals surface area contributed by atoms with Crippen LogP contribution in [0.4, 0.5) is 0 Å². The molecule has 2 aromatic rings. The third-order valence-electron chi connectivity index (χ3n) is 8.03. The summed E-state index contributed by atoms with van der Waals surface area (Å²) in [5, 5.41) is 18.1. The fourth-order valence-electron chi connectivity index (χ4n) is 5.76. The van der Waals surface area contributed by atoms with Gasteiger partial charge in [-0.2, -0.15) is 0 Å². The van der Waals surface area contributed by atoms with Crippen molar-refractivity contribution in [2.75, 3.05) is 13.2 Å². The molecule has 0 aromatic heterocycles. The van der Waals surface area contributed by atoms with Gasteiger partial charge in [0.05, 0.1) is 13.0 Å². The van der Waals surface area contributed by atoms with E-state index in [0.717, 1.165) is 10.6 Å². The highest BCUT2D eigenvalue weighted by Gasteiger charge is 2.46. The summed E-state index contributed by atoms with van der Waals surface area (Å²) in [6.07, 6.45) is 0.391. The summed E-state index contributed by atoms with van der Waals surface area (Å²) < 4.78 is 11.1. The molecule has 3 aliphatic rings. The number of ether oxygens (including phenoxy) is 2. The van der Waals surface area contributed by atoms with Gasteiger partial charge >= 0.3 is 5.97 Å². The highest BCUT2D eigenvalue weighted by molar-refractivity contribution is 6.00. The van der Waals surface area contributed by atoms with Gasteiger partial charge in [-0.3, -0.25) is 29.0 Å². The predicted molar refractivity (Wildman–Crippen MR) is 152 cm³/mol. The van der Waals surface area contributed by atoms with Crippen LogP contribution < -0.4 is 10.6 Å². The quantitative estimate of drug-likeness (QED) is 0.391. The van der Waals surface area contributed by atoms with Crippen LogP contribution in [0.2, 0.25) is 0 Å². The minimum Gasteiger partial charge on any atom is -0.507 e. The summed E-state index contributed by atoms with van der Waals surface area (Å²) >= 11 is 0. The van der Waals surface area contributed by atoms with Gasteiger partial charge in [0.2, 0.25) is 18.1 Å². The van der Waals surface area contributed by atoms with E-state index in [4.69, 9.17) is 9.47 Å². The van der Waals surface area contributed by atoms with Crippen LogP contribution in [0, 0.1) is 13.8 Å². The van der Waals surface area contributed by atoms with E-state index >= 15 is 0 Å². The number of hydrogen-bond donors (Lipinski definition) is 3. The second-order valence-electron chi connectivity index (χ2n) is 11.2. The number of phenols is 1. The van der Waals surface area contributed by atoms with Crippen LogP contribution in [0.5, 0.6) is 5.75 Å². The Morgan fingerprint density at radius 1 is 1.05 bits per heavy atom. The molecule has 0 spiro atoms. The van der Waals surface area contributed by atoms with Crippen molar-refractivity contribution < 1.29 is 38.6 Å². The molecule has 3 saturated heterocycles. The van der Waals surface area contributed by atoms with E-state index < -0.39 is 48.1 Å². The van der Waals surface area contributed by atoms with Crippen LogP contribution >= 0.6 is 0 Å². The molecule has 12 heteroatoms. The summed E-state index contributed by atoms with van der Waals surface area (Å²) in [7, 11) is 0. The minimum atomic E-state index is -1.05. The first-order valence-electron chi connectivity index (χ1n) is 14.5. The maximum Gasteiger partial charge on any atom is 0.310 e. The lowest BCUT2D eigenvalue weighted by Gasteiger charge is -2.43.